The van der Waals surface area contributed by atoms with Gasteiger partial charge in [0.1, 0.15) is 11.3 Å². The van der Waals surface area contributed by atoms with Crippen molar-refractivity contribution in [2.45, 2.75) is 32.2 Å². The van der Waals surface area contributed by atoms with Crippen molar-refractivity contribution in [3.05, 3.63) is 36.1 Å². The van der Waals surface area contributed by atoms with Crippen molar-refractivity contribution < 1.29 is 9.21 Å². The Balaban J connectivity index is 2.05. The molecule has 2 rings (SSSR count). The molecule has 0 radical (unpaired) electrons. The highest BCUT2D eigenvalue weighted by molar-refractivity contribution is 9.09. The summed E-state index contributed by atoms with van der Waals surface area (Å²) in [6.45, 7) is 2.00. The molecule has 0 bridgehead atoms. The van der Waals surface area contributed by atoms with Crippen LogP contribution < -0.4 is 0 Å². The first-order chi connectivity index (χ1) is 9.63. The zero-order valence-electron chi connectivity index (χ0n) is 11.9. The molecule has 2 aromatic rings. The summed E-state index contributed by atoms with van der Waals surface area (Å²) in [7, 11) is 1.84. The maximum atomic E-state index is 12.1. The molecular formula is C16H20BrNO2. The molecule has 0 saturated carbocycles. The van der Waals surface area contributed by atoms with Crippen LogP contribution >= 0.6 is 15.9 Å². The number of halogens is 1. The number of benzene rings is 1. The van der Waals surface area contributed by atoms with Gasteiger partial charge in [-0.2, -0.15) is 0 Å². The second-order valence-electron chi connectivity index (χ2n) is 5.01. The van der Waals surface area contributed by atoms with Gasteiger partial charge in [0.25, 0.3) is 0 Å². The molecule has 0 aliphatic heterocycles. The molecule has 0 fully saturated rings. The summed E-state index contributed by atoms with van der Waals surface area (Å²) in [6.07, 6.45) is 2.53. The first-order valence-electron chi connectivity index (χ1n) is 6.93. The summed E-state index contributed by atoms with van der Waals surface area (Å²) in [5, 5.41) is 2.03. The number of amides is 1. The number of hydrogen-bond acceptors (Lipinski definition) is 2. The third-order valence-corrected chi connectivity index (χ3v) is 4.17. The van der Waals surface area contributed by atoms with Crippen molar-refractivity contribution in [3.8, 4) is 0 Å². The van der Waals surface area contributed by atoms with Crippen LogP contribution in [0.5, 0.6) is 0 Å². The minimum Gasteiger partial charge on any atom is -0.459 e. The quantitative estimate of drug-likeness (QED) is 0.573. The molecule has 1 heterocycles. The molecule has 0 aliphatic carbocycles. The Labute approximate surface area is 128 Å². The van der Waals surface area contributed by atoms with Crippen LogP contribution in [-0.2, 0) is 4.79 Å². The van der Waals surface area contributed by atoms with Crippen LogP contribution in [0.4, 0.5) is 0 Å². The van der Waals surface area contributed by atoms with Crippen molar-refractivity contribution >= 4 is 32.8 Å². The highest BCUT2D eigenvalue weighted by Gasteiger charge is 2.20. The van der Waals surface area contributed by atoms with Gasteiger partial charge in [0, 0.05) is 24.2 Å². The van der Waals surface area contributed by atoms with E-state index in [1.807, 2.05) is 44.3 Å². The van der Waals surface area contributed by atoms with E-state index in [0.717, 1.165) is 34.9 Å². The van der Waals surface area contributed by atoms with Gasteiger partial charge in [-0.3, -0.25) is 4.79 Å². The molecule has 20 heavy (non-hydrogen) atoms. The van der Waals surface area contributed by atoms with Crippen molar-refractivity contribution in [2.75, 3.05) is 12.4 Å². The third kappa shape index (κ3) is 3.42. The Morgan fingerprint density at radius 3 is 2.80 bits per heavy atom. The lowest BCUT2D eigenvalue weighted by Crippen LogP contribution is -2.29. The molecule has 4 heteroatoms. The fraction of sp³-hybridized carbons (Fsp3) is 0.438. The topological polar surface area (TPSA) is 33.5 Å². The average Bonchev–Trinajstić information content (AvgIpc) is 2.89. The van der Waals surface area contributed by atoms with Gasteiger partial charge in [-0.25, -0.2) is 0 Å². The Kier molecular flexibility index (Phi) is 5.24. The number of unbranched alkanes of at least 4 members (excludes halogenated alkanes) is 1. The van der Waals surface area contributed by atoms with Gasteiger partial charge in [0.2, 0.25) is 5.91 Å². The maximum absolute atomic E-state index is 12.1. The van der Waals surface area contributed by atoms with Crippen LogP contribution in [0.2, 0.25) is 0 Å². The van der Waals surface area contributed by atoms with E-state index in [4.69, 9.17) is 4.42 Å². The van der Waals surface area contributed by atoms with E-state index in [1.54, 1.807) is 4.90 Å². The number of nitrogens with zero attached hydrogens (tertiary/aromatic N) is 1. The molecule has 1 aromatic heterocycles. The zero-order chi connectivity index (χ0) is 14.5. The standard InChI is InChI=1S/C16H20BrNO2/c1-12(18(2)16(19)9-5-6-10-17)15-11-13-7-3-4-8-14(13)20-15/h3-4,7-8,11-12H,5-6,9-10H2,1-2H3. The molecular weight excluding hydrogens is 318 g/mol. The summed E-state index contributed by atoms with van der Waals surface area (Å²) in [5.74, 6) is 1.00. The highest BCUT2D eigenvalue weighted by Crippen LogP contribution is 2.27. The Morgan fingerprint density at radius 2 is 2.10 bits per heavy atom. The van der Waals surface area contributed by atoms with Gasteiger partial charge in [0.15, 0.2) is 0 Å². The molecule has 0 N–H and O–H groups in total. The fourth-order valence-corrected chi connectivity index (χ4v) is 2.56. The van der Waals surface area contributed by atoms with Crippen LogP contribution in [0.25, 0.3) is 11.0 Å². The molecule has 3 nitrogen and oxygen atoms in total. The number of carbonyl (C=O) groups is 1. The third-order valence-electron chi connectivity index (χ3n) is 3.60. The molecule has 108 valence electrons. The van der Waals surface area contributed by atoms with Crippen molar-refractivity contribution in [2.24, 2.45) is 0 Å². The summed E-state index contributed by atoms with van der Waals surface area (Å²) in [6, 6.07) is 9.88. The number of para-hydroxylation sites is 1. The van der Waals surface area contributed by atoms with E-state index in [2.05, 4.69) is 15.9 Å². The Hall–Kier alpha value is -1.29. The lowest BCUT2D eigenvalue weighted by Gasteiger charge is -2.23. The van der Waals surface area contributed by atoms with Gasteiger partial charge < -0.3 is 9.32 Å². The second-order valence-corrected chi connectivity index (χ2v) is 5.81. The van der Waals surface area contributed by atoms with Gasteiger partial charge >= 0.3 is 0 Å². The van der Waals surface area contributed by atoms with Crippen LogP contribution in [0.3, 0.4) is 0 Å². The summed E-state index contributed by atoms with van der Waals surface area (Å²) < 4.78 is 5.83. The van der Waals surface area contributed by atoms with E-state index in [-0.39, 0.29) is 11.9 Å². The average molecular weight is 338 g/mol. The van der Waals surface area contributed by atoms with E-state index in [0.29, 0.717) is 6.42 Å². The van der Waals surface area contributed by atoms with Gasteiger partial charge in [0.05, 0.1) is 6.04 Å². The summed E-state index contributed by atoms with van der Waals surface area (Å²) in [4.78, 5) is 13.9. The van der Waals surface area contributed by atoms with E-state index < -0.39 is 0 Å². The molecule has 1 unspecified atom stereocenters. The lowest BCUT2D eigenvalue weighted by molar-refractivity contribution is -0.132. The number of rotatable bonds is 6. The first-order valence-corrected chi connectivity index (χ1v) is 8.05. The van der Waals surface area contributed by atoms with Gasteiger partial charge in [-0.1, -0.05) is 34.1 Å². The summed E-state index contributed by atoms with van der Waals surface area (Å²) in [5.41, 5.74) is 0.870. The second kappa shape index (κ2) is 6.93. The summed E-state index contributed by atoms with van der Waals surface area (Å²) >= 11 is 3.38. The molecule has 1 aromatic carbocycles. The largest absolute Gasteiger partial charge is 0.459 e. The predicted molar refractivity (Wildman–Crippen MR) is 85.0 cm³/mol. The normalized spacial score (nSPS) is 12.6. The van der Waals surface area contributed by atoms with Crippen LogP contribution in [0.15, 0.2) is 34.7 Å². The zero-order valence-corrected chi connectivity index (χ0v) is 13.5. The van der Waals surface area contributed by atoms with E-state index in [9.17, 15) is 4.79 Å². The number of alkyl halides is 1. The SMILES string of the molecule is CC(c1cc2ccccc2o1)N(C)C(=O)CCCCBr. The van der Waals surface area contributed by atoms with Crippen molar-refractivity contribution in [1.29, 1.82) is 0 Å². The maximum Gasteiger partial charge on any atom is 0.222 e. The highest BCUT2D eigenvalue weighted by atomic mass is 79.9. The minimum atomic E-state index is -0.0427. The van der Waals surface area contributed by atoms with Crippen LogP contribution in [0, 0.1) is 0 Å². The van der Waals surface area contributed by atoms with E-state index >= 15 is 0 Å². The molecule has 0 spiro atoms. The van der Waals surface area contributed by atoms with Crippen molar-refractivity contribution in [3.63, 3.8) is 0 Å². The number of furan rings is 1. The Bertz CT molecular complexity index is 546. The molecule has 1 amide bonds. The van der Waals surface area contributed by atoms with Crippen molar-refractivity contribution in [1.82, 2.24) is 4.90 Å². The van der Waals surface area contributed by atoms with Crippen LogP contribution in [0.1, 0.15) is 38.0 Å². The predicted octanol–water partition coefficient (Wildman–Crippen LogP) is 4.52. The van der Waals surface area contributed by atoms with Gasteiger partial charge in [-0.15, -0.1) is 0 Å². The Morgan fingerprint density at radius 1 is 1.35 bits per heavy atom. The molecule has 0 aliphatic rings. The number of hydrogen-bond donors (Lipinski definition) is 0. The molecule has 1 atom stereocenters. The van der Waals surface area contributed by atoms with Gasteiger partial charge in [-0.05, 0) is 31.9 Å². The molecule has 0 saturated heterocycles. The lowest BCUT2D eigenvalue weighted by atomic mass is 10.1. The monoisotopic (exact) mass is 337 g/mol. The smallest absolute Gasteiger partial charge is 0.222 e. The number of carbonyl (C=O) groups excluding carboxylic acids is 1. The fourth-order valence-electron chi connectivity index (χ4n) is 2.16. The number of fused-ring (bicyclic) bond motifs is 1. The first kappa shape index (κ1) is 15.1. The minimum absolute atomic E-state index is 0.0427. The van der Waals surface area contributed by atoms with Crippen LogP contribution in [-0.4, -0.2) is 23.2 Å². The van der Waals surface area contributed by atoms with E-state index in [1.165, 1.54) is 0 Å².